The van der Waals surface area contributed by atoms with Crippen LogP contribution in [0.25, 0.3) is 0 Å². The zero-order chi connectivity index (χ0) is 18.2. The number of halogens is 1. The van der Waals surface area contributed by atoms with Crippen LogP contribution in [0.4, 0.5) is 9.59 Å². The van der Waals surface area contributed by atoms with E-state index in [4.69, 9.17) is 4.74 Å². The topological polar surface area (TPSA) is 91.3 Å². The molecule has 1 aliphatic heterocycles. The third-order valence-corrected chi connectivity index (χ3v) is 4.15. The van der Waals surface area contributed by atoms with E-state index in [0.29, 0.717) is 6.54 Å². The molecule has 0 saturated carbocycles. The van der Waals surface area contributed by atoms with Crippen LogP contribution in [-0.4, -0.2) is 73.3 Å². The Hall–Kier alpha value is -2.03. The molecule has 2 N–H and O–H groups in total. The number of nitrogens with zero attached hydrogens (tertiary/aromatic N) is 2. The zero-order valence-electron chi connectivity index (χ0n) is 15.0. The van der Waals surface area contributed by atoms with Crippen molar-refractivity contribution in [3.8, 4) is 0 Å². The van der Waals surface area contributed by atoms with E-state index >= 15 is 0 Å². The van der Waals surface area contributed by atoms with E-state index < -0.39 is 18.3 Å². The van der Waals surface area contributed by atoms with Crippen LogP contribution >= 0.6 is 12.4 Å². The van der Waals surface area contributed by atoms with Crippen molar-refractivity contribution in [3.63, 3.8) is 0 Å². The molecule has 26 heavy (non-hydrogen) atoms. The molecule has 2 rings (SSSR count). The first kappa shape index (κ1) is 22.0. The number of aliphatic hydroxyl groups is 1. The van der Waals surface area contributed by atoms with E-state index in [0.717, 1.165) is 22.9 Å². The van der Waals surface area contributed by atoms with Gasteiger partial charge in [0.25, 0.3) is 0 Å². The van der Waals surface area contributed by atoms with Crippen LogP contribution in [0.1, 0.15) is 12.0 Å². The number of methoxy groups -OCH3 is 2. The maximum atomic E-state index is 11.9. The number of nitrogens with one attached hydrogen (secondary N) is 1. The summed E-state index contributed by atoms with van der Waals surface area (Å²) in [5.41, 5.74) is 1.25. The van der Waals surface area contributed by atoms with E-state index in [1.807, 2.05) is 18.2 Å². The second kappa shape index (κ2) is 10.8. The lowest BCUT2D eigenvalue weighted by atomic mass is 10.1. The van der Waals surface area contributed by atoms with Crippen LogP contribution in [0.3, 0.4) is 0 Å². The summed E-state index contributed by atoms with van der Waals surface area (Å²) in [5.74, 6) is 0. The molecule has 8 nitrogen and oxygen atoms in total. The average molecular weight is 388 g/mol. The lowest BCUT2D eigenvalue weighted by Gasteiger charge is -2.42. The number of aryl methyl sites for hydroxylation is 1. The van der Waals surface area contributed by atoms with Crippen molar-refractivity contribution >= 4 is 24.6 Å². The summed E-state index contributed by atoms with van der Waals surface area (Å²) in [6, 6.07) is 9.78. The van der Waals surface area contributed by atoms with Crippen LogP contribution in [0.5, 0.6) is 0 Å². The number of hydrogen-bond acceptors (Lipinski definition) is 6. The Labute approximate surface area is 159 Å². The van der Waals surface area contributed by atoms with E-state index in [-0.39, 0.29) is 31.5 Å². The van der Waals surface area contributed by atoms with Crippen molar-refractivity contribution < 1.29 is 24.2 Å². The highest BCUT2D eigenvalue weighted by molar-refractivity contribution is 5.85. The Morgan fingerprint density at radius 3 is 2.27 bits per heavy atom. The third kappa shape index (κ3) is 5.76. The molecule has 2 amide bonds. The van der Waals surface area contributed by atoms with Gasteiger partial charge in [0.05, 0.1) is 39.5 Å². The molecule has 1 aliphatic rings. The Bertz CT molecular complexity index is 575. The van der Waals surface area contributed by atoms with Crippen LogP contribution in [-0.2, 0) is 15.9 Å². The van der Waals surface area contributed by atoms with Crippen LogP contribution in [0.15, 0.2) is 30.3 Å². The standard InChI is InChI=1S/C17H25N3O5.ClH/c1-24-16(22)19-11-14(15(21)12-20(19)17(23)25-2)18-10-6-9-13-7-4-3-5-8-13;/h3-5,7-8,14-15,18,21H,6,9-12H2,1-2H3;1H. The van der Waals surface area contributed by atoms with Gasteiger partial charge in [0.2, 0.25) is 0 Å². The number of hydrogen-bond donors (Lipinski definition) is 2. The monoisotopic (exact) mass is 387 g/mol. The van der Waals surface area contributed by atoms with Gasteiger partial charge in [-0.05, 0) is 24.9 Å². The first-order chi connectivity index (χ1) is 12.1. The Morgan fingerprint density at radius 1 is 1.12 bits per heavy atom. The fourth-order valence-corrected chi connectivity index (χ4v) is 2.79. The van der Waals surface area contributed by atoms with Crippen molar-refractivity contribution in [2.45, 2.75) is 25.0 Å². The number of carbonyl (C=O) groups is 2. The lowest BCUT2D eigenvalue weighted by molar-refractivity contribution is -0.0788. The van der Waals surface area contributed by atoms with E-state index in [1.165, 1.54) is 19.8 Å². The van der Waals surface area contributed by atoms with Crippen LogP contribution < -0.4 is 5.32 Å². The highest BCUT2D eigenvalue weighted by Crippen LogP contribution is 2.15. The number of β-amino-alcohol motifs (C(OH)–C–C–N with tert-alkyl or cyclic N) is 1. The van der Waals surface area contributed by atoms with Gasteiger partial charge in [-0.15, -0.1) is 12.4 Å². The molecule has 1 saturated heterocycles. The molecule has 0 aliphatic carbocycles. The van der Waals surface area contributed by atoms with Crippen molar-refractivity contribution in [1.29, 1.82) is 0 Å². The van der Waals surface area contributed by atoms with E-state index in [1.54, 1.807) is 0 Å². The van der Waals surface area contributed by atoms with E-state index in [9.17, 15) is 14.7 Å². The van der Waals surface area contributed by atoms with Gasteiger partial charge < -0.3 is 19.9 Å². The normalized spacial score (nSPS) is 19.5. The molecule has 0 spiro atoms. The molecule has 2 atom stereocenters. The molecule has 0 aromatic heterocycles. The highest BCUT2D eigenvalue weighted by atomic mass is 35.5. The lowest BCUT2D eigenvalue weighted by Crippen LogP contribution is -2.65. The van der Waals surface area contributed by atoms with Gasteiger partial charge in [-0.3, -0.25) is 0 Å². The molecule has 0 bridgehead atoms. The molecule has 9 heteroatoms. The maximum absolute atomic E-state index is 11.9. The smallest absolute Gasteiger partial charge is 0.428 e. The number of benzene rings is 1. The van der Waals surface area contributed by atoms with Gasteiger partial charge in [-0.25, -0.2) is 19.6 Å². The Kier molecular flexibility index (Phi) is 9.18. The summed E-state index contributed by atoms with van der Waals surface area (Å²) in [6.07, 6.45) is -0.380. The summed E-state index contributed by atoms with van der Waals surface area (Å²) in [4.78, 5) is 23.7. The van der Waals surface area contributed by atoms with Crippen LogP contribution in [0.2, 0.25) is 0 Å². The molecule has 146 valence electrons. The summed E-state index contributed by atoms with van der Waals surface area (Å²) < 4.78 is 9.36. The number of aliphatic hydroxyl groups excluding tert-OH is 1. The van der Waals surface area contributed by atoms with Gasteiger partial charge in [0, 0.05) is 0 Å². The highest BCUT2D eigenvalue weighted by Gasteiger charge is 2.39. The molecule has 1 aromatic rings. The maximum Gasteiger partial charge on any atom is 0.428 e. The SMILES string of the molecule is COC(=O)N1CC(O)C(NCCCc2ccccc2)CN1C(=O)OC.Cl. The molecule has 1 fully saturated rings. The zero-order valence-corrected chi connectivity index (χ0v) is 15.8. The number of rotatable bonds is 5. The van der Waals surface area contributed by atoms with Crippen molar-refractivity contribution in [2.75, 3.05) is 33.9 Å². The first-order valence-electron chi connectivity index (χ1n) is 8.23. The summed E-state index contributed by atoms with van der Waals surface area (Å²) >= 11 is 0. The largest absolute Gasteiger partial charge is 0.452 e. The van der Waals surface area contributed by atoms with Crippen molar-refractivity contribution in [3.05, 3.63) is 35.9 Å². The second-order valence-electron chi connectivity index (χ2n) is 5.82. The van der Waals surface area contributed by atoms with Crippen molar-refractivity contribution in [2.24, 2.45) is 0 Å². The quantitative estimate of drug-likeness (QED) is 0.742. The number of hydrazine groups is 1. The summed E-state index contributed by atoms with van der Waals surface area (Å²) in [5, 5.41) is 15.7. The molecule has 1 aromatic carbocycles. The predicted octanol–water partition coefficient (Wildman–Crippen LogP) is 1.43. The predicted molar refractivity (Wildman–Crippen MR) is 98.0 cm³/mol. The fourth-order valence-electron chi connectivity index (χ4n) is 2.79. The Morgan fingerprint density at radius 2 is 1.69 bits per heavy atom. The van der Waals surface area contributed by atoms with Crippen molar-refractivity contribution in [1.82, 2.24) is 15.3 Å². The summed E-state index contributed by atoms with van der Waals surface area (Å²) in [6.45, 7) is 0.760. The van der Waals surface area contributed by atoms with Gasteiger partial charge in [-0.2, -0.15) is 0 Å². The minimum absolute atomic E-state index is 0. The minimum atomic E-state index is -0.809. The molecule has 2 unspecified atom stereocenters. The molecular weight excluding hydrogens is 362 g/mol. The Balaban J connectivity index is 0.00000338. The second-order valence-corrected chi connectivity index (χ2v) is 5.82. The fraction of sp³-hybridized carbons (Fsp3) is 0.529. The summed E-state index contributed by atoms with van der Waals surface area (Å²) in [7, 11) is 2.46. The molecule has 1 heterocycles. The molecular formula is C17H26ClN3O5. The molecule has 0 radical (unpaired) electrons. The van der Waals surface area contributed by atoms with E-state index in [2.05, 4.69) is 22.2 Å². The van der Waals surface area contributed by atoms with Gasteiger partial charge >= 0.3 is 12.2 Å². The van der Waals surface area contributed by atoms with Gasteiger partial charge in [0.15, 0.2) is 0 Å². The number of carbonyl (C=O) groups excluding carboxylic acids is 2. The van der Waals surface area contributed by atoms with Gasteiger partial charge in [0.1, 0.15) is 0 Å². The third-order valence-electron chi connectivity index (χ3n) is 4.15. The number of amides is 2. The average Bonchev–Trinajstić information content (AvgIpc) is 2.65. The first-order valence-corrected chi connectivity index (χ1v) is 8.23. The van der Waals surface area contributed by atoms with Gasteiger partial charge in [-0.1, -0.05) is 30.3 Å². The minimum Gasteiger partial charge on any atom is -0.452 e. The number of ether oxygens (including phenoxy) is 2. The van der Waals surface area contributed by atoms with Crippen LogP contribution in [0, 0.1) is 0 Å².